The van der Waals surface area contributed by atoms with Crippen LogP contribution in [0.2, 0.25) is 0 Å². The third-order valence-electron chi connectivity index (χ3n) is 10.9. The van der Waals surface area contributed by atoms with Gasteiger partial charge in [0.25, 0.3) is 0 Å². The van der Waals surface area contributed by atoms with Crippen LogP contribution in [0.1, 0.15) is 99.8 Å². The summed E-state index contributed by atoms with van der Waals surface area (Å²) in [6.45, 7) is 14.0. The summed E-state index contributed by atoms with van der Waals surface area (Å²) in [4.78, 5) is 37.4. The summed E-state index contributed by atoms with van der Waals surface area (Å²) in [6, 6.07) is 0. The number of allylic oxidation sites excluding steroid dienone is 2. The normalized spacial score (nSPS) is 40.7. The van der Waals surface area contributed by atoms with Crippen molar-refractivity contribution < 1.29 is 29.0 Å². The maximum atomic E-state index is 13.6. The van der Waals surface area contributed by atoms with Crippen LogP contribution in [0.15, 0.2) is 11.6 Å². The summed E-state index contributed by atoms with van der Waals surface area (Å²) < 4.78 is 11.2. The van der Waals surface area contributed by atoms with Gasteiger partial charge < -0.3 is 14.6 Å². The highest BCUT2D eigenvalue weighted by Crippen LogP contribution is 2.66. The number of aliphatic hydroxyl groups excluding tert-OH is 1. The van der Waals surface area contributed by atoms with Crippen LogP contribution in [0, 0.1) is 46.3 Å². The number of hydrogen-bond donors (Lipinski definition) is 1. The first-order chi connectivity index (χ1) is 17.3. The van der Waals surface area contributed by atoms with E-state index < -0.39 is 18.2 Å². The van der Waals surface area contributed by atoms with Crippen LogP contribution >= 0.6 is 0 Å². The summed E-state index contributed by atoms with van der Waals surface area (Å²) in [5.41, 5.74) is 1.03. The molecule has 0 aromatic rings. The number of hydrogen-bond acceptors (Lipinski definition) is 6. The molecule has 1 N–H and O–H groups in total. The highest BCUT2D eigenvalue weighted by Gasteiger charge is 2.62. The van der Waals surface area contributed by atoms with E-state index in [1.807, 2.05) is 6.08 Å². The van der Waals surface area contributed by atoms with Crippen LogP contribution in [0.25, 0.3) is 0 Å². The third-order valence-corrected chi connectivity index (χ3v) is 10.9. The molecule has 0 saturated heterocycles. The Morgan fingerprint density at radius 2 is 1.57 bits per heavy atom. The van der Waals surface area contributed by atoms with Gasteiger partial charge in [0.05, 0.1) is 6.10 Å². The molecule has 0 spiro atoms. The van der Waals surface area contributed by atoms with E-state index in [9.17, 15) is 19.5 Å². The second-order valence-electron chi connectivity index (χ2n) is 13.6. The maximum Gasteiger partial charge on any atom is 0.303 e. The van der Waals surface area contributed by atoms with E-state index in [1.165, 1.54) is 19.4 Å². The van der Waals surface area contributed by atoms with E-state index in [0.29, 0.717) is 30.6 Å². The first kappa shape index (κ1) is 28.3. The third kappa shape index (κ3) is 5.16. The smallest absolute Gasteiger partial charge is 0.303 e. The van der Waals surface area contributed by atoms with Crippen molar-refractivity contribution in [2.24, 2.45) is 46.3 Å². The molecule has 4 aliphatic carbocycles. The van der Waals surface area contributed by atoms with Crippen molar-refractivity contribution in [1.29, 1.82) is 0 Å². The summed E-state index contributed by atoms with van der Waals surface area (Å²) in [7, 11) is 0. The van der Waals surface area contributed by atoms with Crippen LogP contribution in [0.5, 0.6) is 0 Å². The molecule has 4 aliphatic rings. The molecule has 37 heavy (non-hydrogen) atoms. The minimum Gasteiger partial charge on any atom is -0.459 e. The van der Waals surface area contributed by atoms with E-state index >= 15 is 0 Å². The van der Waals surface area contributed by atoms with Gasteiger partial charge in [0, 0.05) is 19.8 Å². The Morgan fingerprint density at radius 1 is 0.946 bits per heavy atom. The molecule has 6 nitrogen and oxygen atoms in total. The summed E-state index contributed by atoms with van der Waals surface area (Å²) in [6.07, 6.45) is 7.57. The van der Waals surface area contributed by atoms with Crippen molar-refractivity contribution in [3.05, 3.63) is 11.6 Å². The molecule has 10 atom stereocenters. The Labute approximate surface area is 222 Å². The zero-order chi connectivity index (χ0) is 27.3. The summed E-state index contributed by atoms with van der Waals surface area (Å²) in [5.74, 6) is 0.948. The standard InChI is InChI=1S/C31H48O6/c1-17(2)8-11-26(34)18(3)22-9-10-23-21-14-27(35)25-15-28(36-19(4)32)29(37-20(5)33)16-31(25,7)24(21)12-13-30(22,23)6/h14,17-18,22-26,28-29,34H,8-13,15-16H2,1-7H3/t18-,22+,23-,24-,25+,26+,28+,29-,30+,31+/m0/s1. The lowest BCUT2D eigenvalue weighted by molar-refractivity contribution is -0.183. The Balaban J connectivity index is 1.60. The average Bonchev–Trinajstić information content (AvgIpc) is 3.14. The van der Waals surface area contributed by atoms with Crippen molar-refractivity contribution in [3.63, 3.8) is 0 Å². The van der Waals surface area contributed by atoms with Gasteiger partial charge in [-0.25, -0.2) is 0 Å². The Bertz CT molecular complexity index is 938. The molecule has 3 fully saturated rings. The Kier molecular flexibility index (Phi) is 8.01. The first-order valence-electron chi connectivity index (χ1n) is 14.6. The predicted molar refractivity (Wildman–Crippen MR) is 141 cm³/mol. The molecule has 0 radical (unpaired) electrons. The van der Waals surface area contributed by atoms with E-state index in [2.05, 4.69) is 34.6 Å². The average molecular weight is 517 g/mol. The van der Waals surface area contributed by atoms with Crippen molar-refractivity contribution in [2.45, 2.75) is 118 Å². The van der Waals surface area contributed by atoms with E-state index in [-0.39, 0.29) is 46.4 Å². The van der Waals surface area contributed by atoms with Gasteiger partial charge in [-0.15, -0.1) is 0 Å². The van der Waals surface area contributed by atoms with E-state index in [1.54, 1.807) is 0 Å². The molecule has 0 bridgehead atoms. The molecule has 0 aromatic heterocycles. The summed E-state index contributed by atoms with van der Waals surface area (Å²) in [5, 5.41) is 11.0. The van der Waals surface area contributed by atoms with Crippen molar-refractivity contribution in [2.75, 3.05) is 0 Å². The van der Waals surface area contributed by atoms with Gasteiger partial charge in [-0.3, -0.25) is 14.4 Å². The van der Waals surface area contributed by atoms with Gasteiger partial charge >= 0.3 is 11.9 Å². The van der Waals surface area contributed by atoms with Crippen LogP contribution in [0.3, 0.4) is 0 Å². The largest absolute Gasteiger partial charge is 0.459 e. The van der Waals surface area contributed by atoms with Crippen molar-refractivity contribution in [1.82, 2.24) is 0 Å². The van der Waals surface area contributed by atoms with Gasteiger partial charge in [0.2, 0.25) is 0 Å². The molecule has 3 saturated carbocycles. The minimum absolute atomic E-state index is 0.0776. The van der Waals surface area contributed by atoms with Gasteiger partial charge in [0.15, 0.2) is 5.78 Å². The SMILES string of the molecule is CC(=O)O[C@H]1C[C@@]2(C)[C@H](C[C@H]1OC(C)=O)C(=O)C=C1[C@@H]2CC[C@]2(C)[C@@H]([C@H](C)[C@H](O)CCC(C)C)CC[C@@H]12. The molecule has 6 heteroatoms. The van der Waals surface area contributed by atoms with Gasteiger partial charge in [-0.05, 0) is 97.9 Å². The number of carbonyl (C=O) groups is 3. The number of ether oxygens (including phenoxy) is 2. The molecule has 0 aliphatic heterocycles. The number of ketones is 1. The lowest BCUT2D eigenvalue weighted by Gasteiger charge is -2.58. The lowest BCUT2D eigenvalue weighted by atomic mass is 9.47. The second kappa shape index (κ2) is 10.5. The molecular formula is C31H48O6. The van der Waals surface area contributed by atoms with Crippen LogP contribution < -0.4 is 0 Å². The Morgan fingerprint density at radius 3 is 2.19 bits per heavy atom. The van der Waals surface area contributed by atoms with Crippen LogP contribution in [-0.4, -0.2) is 41.1 Å². The topological polar surface area (TPSA) is 89.9 Å². The maximum absolute atomic E-state index is 13.6. The number of carbonyl (C=O) groups excluding carboxylic acids is 3. The number of fused-ring (bicyclic) bond motifs is 5. The number of esters is 2. The Hall–Kier alpha value is -1.69. The van der Waals surface area contributed by atoms with E-state index in [4.69, 9.17) is 9.47 Å². The van der Waals surface area contributed by atoms with Crippen molar-refractivity contribution in [3.8, 4) is 0 Å². The molecule has 0 heterocycles. The second-order valence-corrected chi connectivity index (χ2v) is 13.6. The molecule has 0 unspecified atom stereocenters. The molecule has 208 valence electrons. The predicted octanol–water partition coefficient (Wildman–Crippen LogP) is 5.65. The fraction of sp³-hybridized carbons (Fsp3) is 0.839. The van der Waals surface area contributed by atoms with Crippen LogP contribution in [0.4, 0.5) is 0 Å². The fourth-order valence-corrected chi connectivity index (χ4v) is 8.97. The monoisotopic (exact) mass is 516 g/mol. The van der Waals surface area contributed by atoms with E-state index in [0.717, 1.165) is 38.5 Å². The minimum atomic E-state index is -0.587. The highest BCUT2D eigenvalue weighted by atomic mass is 16.6. The lowest BCUT2D eigenvalue weighted by Crippen LogP contribution is -2.57. The van der Waals surface area contributed by atoms with Gasteiger partial charge in [-0.1, -0.05) is 40.2 Å². The molecule has 0 amide bonds. The zero-order valence-corrected chi connectivity index (χ0v) is 23.9. The number of rotatable bonds is 7. The molecular weight excluding hydrogens is 468 g/mol. The quantitative estimate of drug-likeness (QED) is 0.440. The highest BCUT2D eigenvalue weighted by molar-refractivity contribution is 5.94. The van der Waals surface area contributed by atoms with Crippen molar-refractivity contribution >= 4 is 17.7 Å². The summed E-state index contributed by atoms with van der Waals surface area (Å²) >= 11 is 0. The van der Waals surface area contributed by atoms with Gasteiger partial charge in [0.1, 0.15) is 12.2 Å². The zero-order valence-electron chi connectivity index (χ0n) is 23.9. The molecule has 4 rings (SSSR count). The van der Waals surface area contributed by atoms with Crippen LogP contribution in [-0.2, 0) is 23.9 Å². The first-order valence-corrected chi connectivity index (χ1v) is 14.6. The fourth-order valence-electron chi connectivity index (χ4n) is 8.97. The number of aliphatic hydroxyl groups is 1. The molecule has 0 aromatic carbocycles. The van der Waals surface area contributed by atoms with Gasteiger partial charge in [-0.2, -0.15) is 0 Å².